The molecule has 4 rings (SSSR count). The highest BCUT2D eigenvalue weighted by molar-refractivity contribution is 7.96. The van der Waals surface area contributed by atoms with Crippen molar-refractivity contribution in [3.63, 3.8) is 0 Å². The zero-order chi connectivity index (χ0) is 43.1. The molecule has 0 aliphatic carbocycles. The molecule has 316 valence electrons. The Hall–Kier alpha value is -3.50. The predicted molar refractivity (Wildman–Crippen MR) is 227 cm³/mol. The minimum absolute atomic E-state index is 0.0331. The second kappa shape index (κ2) is 27.2. The third kappa shape index (κ3) is 18.2. The van der Waals surface area contributed by atoms with Gasteiger partial charge < -0.3 is 33.6 Å². The zero-order valence-corrected chi connectivity index (χ0v) is 36.6. The number of fused-ring (bicyclic) bond motifs is 1. The molecule has 5 N–H and O–H groups in total. The zero-order valence-electron chi connectivity index (χ0n) is 34.9. The molecule has 3 heterocycles. The number of carbonyl (C=O) groups excluding carboxylic acids is 1. The molecule has 1 fully saturated rings. The number of anilines is 2. The Bertz CT molecular complexity index is 1620. The standard InChI is InChI=1S/C24H34N7O4PS.C7H11F3O.C4H6.2C2H6/c1-15-6-8-17(9-7-15)35-36(29-24(3,4)14-32)33-13-18-12-16(2)22(34-18)31-11-10-19-20(28-30-37-5)26-23(25)27-21(19)31;1-5(4-11-3)6(2)7(8,9)10;1-3-4-2;2*1-2/h6-11,14,16,18,22,29-30H,12-13H2,1-5H3,(H3,25,26,27,28);4H2,1-3H3;3-4H,1-2H2;2*1-2H3/b;6-5-;;;. The lowest BCUT2D eigenvalue weighted by molar-refractivity contribution is -0.111. The van der Waals surface area contributed by atoms with Crippen LogP contribution in [0, 0.1) is 12.8 Å². The maximum absolute atomic E-state index is 11.9. The quantitative estimate of drug-likeness (QED) is 0.0289. The summed E-state index contributed by atoms with van der Waals surface area (Å²) in [5, 5.41) is 4.01. The highest BCUT2D eigenvalue weighted by Gasteiger charge is 2.36. The maximum atomic E-state index is 11.9. The number of ether oxygens (including phenoxy) is 2. The molecule has 2 aromatic heterocycles. The molecule has 4 unspecified atom stereocenters. The lowest BCUT2D eigenvalue weighted by Crippen LogP contribution is -2.38. The number of nitrogens with two attached hydrogens (primary N) is 1. The number of hydrogen-bond donors (Lipinski definition) is 4. The number of nitrogen functional groups attached to an aromatic ring is 1. The first kappa shape index (κ1) is 52.5. The van der Waals surface area contributed by atoms with E-state index in [4.69, 9.17) is 19.5 Å². The van der Waals surface area contributed by atoms with Crippen LogP contribution in [-0.4, -0.2) is 65.2 Å². The minimum atomic E-state index is -4.22. The summed E-state index contributed by atoms with van der Waals surface area (Å²) in [4.78, 5) is 23.3. The van der Waals surface area contributed by atoms with Crippen molar-refractivity contribution >= 4 is 49.6 Å². The van der Waals surface area contributed by atoms with E-state index in [1.54, 1.807) is 26.0 Å². The number of aryl methyl sites for hydroxylation is 1. The topological polar surface area (TPSA) is 147 Å². The molecule has 0 spiro atoms. The number of nitrogens with zero attached hydrogens (tertiary/aromatic N) is 3. The van der Waals surface area contributed by atoms with Gasteiger partial charge in [-0.2, -0.15) is 28.0 Å². The fourth-order valence-electron chi connectivity index (χ4n) is 4.57. The van der Waals surface area contributed by atoms with Crippen molar-refractivity contribution in [3.05, 3.63) is 78.5 Å². The summed E-state index contributed by atoms with van der Waals surface area (Å²) in [6, 6.07) is 9.65. The van der Waals surface area contributed by atoms with Crippen LogP contribution in [-0.2, 0) is 18.8 Å². The number of benzene rings is 1. The Morgan fingerprint density at radius 2 is 1.71 bits per heavy atom. The summed E-state index contributed by atoms with van der Waals surface area (Å²) < 4.78 is 60.9. The van der Waals surface area contributed by atoms with Gasteiger partial charge in [0.2, 0.25) is 5.95 Å². The van der Waals surface area contributed by atoms with E-state index in [1.807, 2.05) is 82.0 Å². The molecule has 0 bridgehead atoms. The van der Waals surface area contributed by atoms with E-state index in [9.17, 15) is 18.0 Å². The van der Waals surface area contributed by atoms with Crippen molar-refractivity contribution in [2.75, 3.05) is 37.7 Å². The summed E-state index contributed by atoms with van der Waals surface area (Å²) in [6.45, 7) is 25.2. The number of methoxy groups -OCH3 is 1. The van der Waals surface area contributed by atoms with Crippen molar-refractivity contribution in [2.24, 2.45) is 5.92 Å². The Balaban J connectivity index is 0.00000133. The van der Waals surface area contributed by atoms with E-state index in [0.717, 1.165) is 30.6 Å². The van der Waals surface area contributed by atoms with Crippen molar-refractivity contribution in [1.29, 1.82) is 0 Å². The number of carbonyl (C=O) groups is 1. The lowest BCUT2D eigenvalue weighted by Gasteiger charge is -2.26. The molecule has 0 radical (unpaired) electrons. The third-order valence-corrected chi connectivity index (χ3v) is 9.27. The van der Waals surface area contributed by atoms with Crippen molar-refractivity contribution < 1.29 is 36.5 Å². The summed E-state index contributed by atoms with van der Waals surface area (Å²) >= 11 is 1.42. The highest BCUT2D eigenvalue weighted by Crippen LogP contribution is 2.41. The van der Waals surface area contributed by atoms with Crippen LogP contribution in [0.15, 0.2) is 73.0 Å². The molecule has 1 saturated heterocycles. The van der Waals surface area contributed by atoms with E-state index in [2.05, 4.69) is 50.1 Å². The van der Waals surface area contributed by atoms with E-state index < -0.39 is 25.8 Å². The first-order valence-corrected chi connectivity index (χ1v) is 20.6. The Labute approximate surface area is 337 Å². The van der Waals surface area contributed by atoms with Gasteiger partial charge in [-0.05, 0) is 71.1 Å². The average Bonchev–Trinajstić information content (AvgIpc) is 3.77. The van der Waals surface area contributed by atoms with E-state index in [1.165, 1.54) is 26.0 Å². The molecule has 17 heteroatoms. The van der Waals surface area contributed by atoms with Gasteiger partial charge in [-0.25, -0.2) is 5.09 Å². The van der Waals surface area contributed by atoms with Gasteiger partial charge in [0.05, 0.1) is 30.2 Å². The highest BCUT2D eigenvalue weighted by atomic mass is 32.2. The molecule has 1 aromatic carbocycles. The Morgan fingerprint density at radius 3 is 2.23 bits per heavy atom. The molecule has 12 nitrogen and oxygen atoms in total. The van der Waals surface area contributed by atoms with E-state index >= 15 is 0 Å². The van der Waals surface area contributed by atoms with Gasteiger partial charge in [-0.15, -0.1) is 0 Å². The number of nitrogens with one attached hydrogen (secondary N) is 3. The molecule has 4 atom stereocenters. The van der Waals surface area contributed by atoms with Gasteiger partial charge in [0.15, 0.2) is 5.82 Å². The van der Waals surface area contributed by atoms with Gasteiger partial charge in [0, 0.05) is 24.8 Å². The summed E-state index contributed by atoms with van der Waals surface area (Å²) in [7, 11) is -0.227. The monoisotopic (exact) mass is 829 g/mol. The number of rotatable bonds is 15. The summed E-state index contributed by atoms with van der Waals surface area (Å²) in [5.41, 5.74) is 9.70. The molecular weight excluding hydrogens is 767 g/mol. The SMILES string of the molecule is C=CC=C.CC.CC.COC/C(C)=C(/C)C(F)(F)F.CSNNc1nc(N)nc2c1ccn2C1OC(COP(NC(C)(C)C=O)Oc2ccc(C)cc2)CC1C. The number of halogens is 3. The normalized spacial score (nSPS) is 17.2. The van der Waals surface area contributed by atoms with Gasteiger partial charge in [-0.3, -0.25) is 5.43 Å². The second-order valence-electron chi connectivity index (χ2n) is 12.4. The minimum Gasteiger partial charge on any atom is -0.436 e. The summed E-state index contributed by atoms with van der Waals surface area (Å²) in [5.74, 6) is 1.64. The van der Waals surface area contributed by atoms with Crippen LogP contribution in [0.4, 0.5) is 24.9 Å². The Morgan fingerprint density at radius 1 is 1.11 bits per heavy atom. The molecule has 1 aliphatic rings. The number of hydrogen-bond acceptors (Lipinski definition) is 12. The molecule has 3 aromatic rings. The molecular formula is C39H63F3N7O5PS. The third-order valence-electron chi connectivity index (χ3n) is 7.44. The number of aromatic nitrogens is 3. The second-order valence-corrected chi connectivity index (χ2v) is 14.2. The van der Waals surface area contributed by atoms with Crippen LogP contribution in [0.5, 0.6) is 5.75 Å². The molecule has 0 saturated carbocycles. The average molecular weight is 830 g/mol. The van der Waals surface area contributed by atoms with Crippen LogP contribution in [0.1, 0.15) is 80.5 Å². The first-order chi connectivity index (χ1) is 26.5. The largest absolute Gasteiger partial charge is 0.436 e. The van der Waals surface area contributed by atoms with E-state index in [-0.39, 0.29) is 36.4 Å². The van der Waals surface area contributed by atoms with Crippen molar-refractivity contribution in [3.8, 4) is 5.75 Å². The number of aldehydes is 1. The number of hydrazine groups is 1. The summed E-state index contributed by atoms with van der Waals surface area (Å²) in [6.07, 6.45) is 4.12. The molecule has 1 aliphatic heterocycles. The fourth-order valence-corrected chi connectivity index (χ4v) is 6.07. The predicted octanol–water partition coefficient (Wildman–Crippen LogP) is 10.3. The van der Waals surface area contributed by atoms with Gasteiger partial charge in [-0.1, -0.05) is 89.6 Å². The maximum Gasteiger partial charge on any atom is 0.412 e. The van der Waals surface area contributed by atoms with Crippen LogP contribution < -0.4 is 25.6 Å². The number of alkyl halides is 3. The lowest BCUT2D eigenvalue weighted by atomic mass is 10.1. The van der Waals surface area contributed by atoms with Crippen molar-refractivity contribution in [2.45, 2.75) is 99.7 Å². The van der Waals surface area contributed by atoms with Gasteiger partial charge in [0.1, 0.15) is 23.9 Å². The molecule has 56 heavy (non-hydrogen) atoms. The Kier molecular flexibility index (Phi) is 25.5. The number of allylic oxidation sites excluding steroid dienone is 3. The van der Waals surface area contributed by atoms with Crippen LogP contribution >= 0.6 is 20.5 Å². The van der Waals surface area contributed by atoms with Crippen LogP contribution in [0.2, 0.25) is 0 Å². The molecule has 0 amide bonds. The fraction of sp³-hybridized carbons (Fsp3) is 0.513. The first-order valence-electron chi connectivity index (χ1n) is 18.2. The van der Waals surface area contributed by atoms with Crippen LogP contribution in [0.25, 0.3) is 11.0 Å². The van der Waals surface area contributed by atoms with Crippen LogP contribution in [0.3, 0.4) is 0 Å². The van der Waals surface area contributed by atoms with E-state index in [0.29, 0.717) is 23.8 Å². The van der Waals surface area contributed by atoms with Gasteiger partial charge in [0.25, 0.3) is 0 Å². The smallest absolute Gasteiger partial charge is 0.412 e. The van der Waals surface area contributed by atoms with Gasteiger partial charge >= 0.3 is 14.7 Å². The van der Waals surface area contributed by atoms with Crippen molar-refractivity contribution in [1.82, 2.24) is 24.5 Å².